The fraction of sp³-hybridized carbons (Fsp3) is 0.680. The number of piperazine rings is 1. The SMILES string of the molecule is CC(C)CCNC(=O)[C@@H]1Cc2cc(C(F)(F)F)ccc2N2CCN(CC(=O)N3CCOCC3)C[C@H]12. The molecule has 4 rings (SSSR count). The molecule has 2 saturated heterocycles. The highest BCUT2D eigenvalue weighted by atomic mass is 19.4. The molecule has 0 saturated carbocycles. The summed E-state index contributed by atoms with van der Waals surface area (Å²) in [6.45, 7) is 8.87. The Balaban J connectivity index is 1.53. The quantitative estimate of drug-likeness (QED) is 0.655. The van der Waals surface area contributed by atoms with Gasteiger partial charge in [-0.05, 0) is 42.5 Å². The first kappa shape index (κ1) is 25.8. The van der Waals surface area contributed by atoms with E-state index in [4.69, 9.17) is 4.74 Å². The third-order valence-corrected chi connectivity index (χ3v) is 7.20. The molecule has 1 aromatic rings. The number of anilines is 1. The van der Waals surface area contributed by atoms with Gasteiger partial charge in [0.2, 0.25) is 11.8 Å². The Kier molecular flexibility index (Phi) is 7.90. The van der Waals surface area contributed by atoms with Crippen LogP contribution in [0.3, 0.4) is 0 Å². The van der Waals surface area contributed by atoms with Gasteiger partial charge in [0.15, 0.2) is 0 Å². The van der Waals surface area contributed by atoms with Crippen molar-refractivity contribution < 1.29 is 27.5 Å². The van der Waals surface area contributed by atoms with Crippen LogP contribution in [0.1, 0.15) is 31.4 Å². The summed E-state index contributed by atoms with van der Waals surface area (Å²) in [4.78, 5) is 32.0. The van der Waals surface area contributed by atoms with Crippen molar-refractivity contribution in [3.05, 3.63) is 29.3 Å². The van der Waals surface area contributed by atoms with Crippen LogP contribution in [0.15, 0.2) is 18.2 Å². The van der Waals surface area contributed by atoms with Crippen molar-refractivity contribution in [2.24, 2.45) is 11.8 Å². The van der Waals surface area contributed by atoms with Gasteiger partial charge in [-0.1, -0.05) is 13.8 Å². The van der Waals surface area contributed by atoms with E-state index in [2.05, 4.69) is 29.0 Å². The standard InChI is InChI=1S/C25H35F3N4O3/c1-17(2)5-6-29-24(34)20-14-18-13-19(25(26,27)28)3-4-21(18)32-8-7-30(15-22(20)32)16-23(33)31-9-11-35-12-10-31/h3-4,13,17,20,22H,5-12,14-16H2,1-2H3,(H,29,34)/t20-,22-/m1/s1. The zero-order valence-electron chi connectivity index (χ0n) is 20.4. The maximum absolute atomic E-state index is 13.4. The lowest BCUT2D eigenvalue weighted by Crippen LogP contribution is -2.62. The highest BCUT2D eigenvalue weighted by Crippen LogP contribution is 2.39. The van der Waals surface area contributed by atoms with Gasteiger partial charge in [-0.3, -0.25) is 14.5 Å². The number of hydrogen-bond acceptors (Lipinski definition) is 5. The molecule has 10 heteroatoms. The Hall–Kier alpha value is -2.33. The average molecular weight is 497 g/mol. The van der Waals surface area contributed by atoms with Gasteiger partial charge >= 0.3 is 6.18 Å². The van der Waals surface area contributed by atoms with E-state index in [0.29, 0.717) is 64.0 Å². The predicted octanol–water partition coefficient (Wildman–Crippen LogP) is 2.39. The molecule has 2 atom stereocenters. The molecule has 1 aromatic carbocycles. The van der Waals surface area contributed by atoms with Crippen molar-refractivity contribution >= 4 is 17.5 Å². The van der Waals surface area contributed by atoms with E-state index in [1.165, 1.54) is 12.1 Å². The van der Waals surface area contributed by atoms with Crippen LogP contribution in [-0.4, -0.2) is 86.7 Å². The average Bonchev–Trinajstić information content (AvgIpc) is 2.82. The van der Waals surface area contributed by atoms with Crippen molar-refractivity contribution in [2.45, 2.75) is 38.9 Å². The number of morpholine rings is 1. The van der Waals surface area contributed by atoms with E-state index in [1.807, 2.05) is 0 Å². The Morgan fingerprint density at radius 3 is 2.57 bits per heavy atom. The fourth-order valence-electron chi connectivity index (χ4n) is 5.22. The molecule has 194 valence electrons. The van der Waals surface area contributed by atoms with Crippen molar-refractivity contribution in [3.8, 4) is 0 Å². The first-order valence-corrected chi connectivity index (χ1v) is 12.5. The molecule has 1 N–H and O–H groups in total. The van der Waals surface area contributed by atoms with Crippen molar-refractivity contribution in [3.63, 3.8) is 0 Å². The fourth-order valence-corrected chi connectivity index (χ4v) is 5.22. The zero-order valence-corrected chi connectivity index (χ0v) is 20.4. The molecule has 2 amide bonds. The molecule has 0 bridgehead atoms. The van der Waals surface area contributed by atoms with Gasteiger partial charge in [0.05, 0.1) is 37.3 Å². The van der Waals surface area contributed by atoms with E-state index in [1.54, 1.807) is 4.90 Å². The van der Waals surface area contributed by atoms with Crippen LogP contribution >= 0.6 is 0 Å². The molecule has 0 aromatic heterocycles. The van der Waals surface area contributed by atoms with Crippen LogP contribution in [0.5, 0.6) is 0 Å². The van der Waals surface area contributed by atoms with Gasteiger partial charge in [-0.25, -0.2) is 0 Å². The van der Waals surface area contributed by atoms with Gasteiger partial charge in [0, 0.05) is 45.0 Å². The van der Waals surface area contributed by atoms with Gasteiger partial charge in [0.25, 0.3) is 0 Å². The van der Waals surface area contributed by atoms with Crippen LogP contribution in [0.25, 0.3) is 0 Å². The van der Waals surface area contributed by atoms with E-state index in [0.717, 1.165) is 18.2 Å². The molecular formula is C25H35F3N4O3. The van der Waals surface area contributed by atoms with Crippen LogP contribution in [0, 0.1) is 11.8 Å². The molecule has 0 aliphatic carbocycles. The molecule has 0 radical (unpaired) electrons. The smallest absolute Gasteiger partial charge is 0.378 e. The summed E-state index contributed by atoms with van der Waals surface area (Å²) in [6.07, 6.45) is -3.35. The van der Waals surface area contributed by atoms with Crippen molar-refractivity contribution in [2.75, 3.05) is 63.9 Å². The van der Waals surface area contributed by atoms with Crippen LogP contribution in [0.4, 0.5) is 18.9 Å². The van der Waals surface area contributed by atoms with Crippen LogP contribution in [-0.2, 0) is 26.9 Å². The molecule has 3 aliphatic heterocycles. The number of hydrogen-bond donors (Lipinski definition) is 1. The summed E-state index contributed by atoms with van der Waals surface area (Å²) in [5.74, 6) is -0.139. The second-order valence-electron chi connectivity index (χ2n) is 10.1. The number of alkyl halides is 3. The maximum atomic E-state index is 13.4. The molecule has 3 aliphatic rings. The molecular weight excluding hydrogens is 461 g/mol. The van der Waals surface area contributed by atoms with E-state index in [-0.39, 0.29) is 30.8 Å². The third-order valence-electron chi connectivity index (χ3n) is 7.20. The number of carbonyl (C=O) groups is 2. The Morgan fingerprint density at radius 1 is 1.14 bits per heavy atom. The third kappa shape index (κ3) is 6.09. The van der Waals surface area contributed by atoms with Gasteiger partial charge in [0.1, 0.15) is 0 Å². The number of ether oxygens (including phenoxy) is 1. The number of rotatable bonds is 6. The number of halogens is 3. The largest absolute Gasteiger partial charge is 0.416 e. The second-order valence-corrected chi connectivity index (χ2v) is 10.1. The predicted molar refractivity (Wildman–Crippen MR) is 126 cm³/mol. The first-order valence-electron chi connectivity index (χ1n) is 12.5. The number of carbonyl (C=O) groups excluding carboxylic acids is 2. The summed E-state index contributed by atoms with van der Waals surface area (Å²) in [5, 5.41) is 3.00. The number of nitrogens with zero attached hydrogens (tertiary/aromatic N) is 3. The highest BCUT2D eigenvalue weighted by Gasteiger charge is 2.43. The second kappa shape index (κ2) is 10.7. The van der Waals surface area contributed by atoms with Crippen LogP contribution < -0.4 is 10.2 Å². The Labute approximate surface area is 204 Å². The molecule has 0 unspecified atom stereocenters. The summed E-state index contributed by atoms with van der Waals surface area (Å²) in [6, 6.07) is 3.64. The highest BCUT2D eigenvalue weighted by molar-refractivity contribution is 5.82. The normalized spacial score (nSPS) is 23.1. The maximum Gasteiger partial charge on any atom is 0.416 e. The first-order chi connectivity index (χ1) is 16.6. The summed E-state index contributed by atoms with van der Waals surface area (Å²) < 4.78 is 45.4. The number of amides is 2. The summed E-state index contributed by atoms with van der Waals surface area (Å²) in [5.41, 5.74) is 0.620. The van der Waals surface area contributed by atoms with Gasteiger partial charge in [-0.15, -0.1) is 0 Å². The monoisotopic (exact) mass is 496 g/mol. The minimum atomic E-state index is -4.43. The lowest BCUT2D eigenvalue weighted by atomic mass is 9.82. The zero-order chi connectivity index (χ0) is 25.2. The number of nitrogens with one attached hydrogen (secondary N) is 1. The topological polar surface area (TPSA) is 65.1 Å². The van der Waals surface area contributed by atoms with Crippen LogP contribution in [0.2, 0.25) is 0 Å². The number of fused-ring (bicyclic) bond motifs is 3. The van der Waals surface area contributed by atoms with E-state index >= 15 is 0 Å². The molecule has 0 spiro atoms. The Morgan fingerprint density at radius 2 is 1.89 bits per heavy atom. The summed E-state index contributed by atoms with van der Waals surface area (Å²) >= 11 is 0. The van der Waals surface area contributed by atoms with Gasteiger partial charge in [-0.2, -0.15) is 13.2 Å². The van der Waals surface area contributed by atoms with E-state index < -0.39 is 17.7 Å². The lowest BCUT2D eigenvalue weighted by Gasteiger charge is -2.49. The Bertz CT molecular complexity index is 918. The van der Waals surface area contributed by atoms with Gasteiger partial charge < -0.3 is 19.9 Å². The van der Waals surface area contributed by atoms with Crippen molar-refractivity contribution in [1.29, 1.82) is 0 Å². The van der Waals surface area contributed by atoms with Crippen molar-refractivity contribution in [1.82, 2.24) is 15.1 Å². The molecule has 3 heterocycles. The minimum absolute atomic E-state index is 0.0470. The minimum Gasteiger partial charge on any atom is -0.378 e. The summed E-state index contributed by atoms with van der Waals surface area (Å²) in [7, 11) is 0. The molecule has 2 fully saturated rings. The number of benzene rings is 1. The van der Waals surface area contributed by atoms with E-state index in [9.17, 15) is 22.8 Å². The lowest BCUT2D eigenvalue weighted by molar-refractivity contribution is -0.138. The molecule has 7 nitrogen and oxygen atoms in total. The molecule has 35 heavy (non-hydrogen) atoms.